The third-order valence-electron chi connectivity index (χ3n) is 5.02. The molecule has 2 aromatic carbocycles. The van der Waals surface area contributed by atoms with Gasteiger partial charge < -0.3 is 0 Å². The molecule has 0 spiro atoms. The van der Waals surface area contributed by atoms with Crippen molar-refractivity contribution in [1.29, 1.82) is 0 Å². The van der Waals surface area contributed by atoms with E-state index < -0.39 is 0 Å². The molecular formula is C21H23N5O2S. The number of thioether (sulfide) groups is 1. The molecule has 0 aliphatic carbocycles. The summed E-state index contributed by atoms with van der Waals surface area (Å²) >= 11 is 1.55. The zero-order valence-corrected chi connectivity index (χ0v) is 16.9. The normalized spacial score (nSPS) is 14.8. The first-order chi connectivity index (χ1) is 14.2. The van der Waals surface area contributed by atoms with Crippen LogP contribution in [-0.2, 0) is 12.3 Å². The highest BCUT2D eigenvalue weighted by molar-refractivity contribution is 7.98. The SMILES string of the molecule is O=[N+]([O-])c1cccc(CSc2nnc(CN3CCCCC3)n2-c2ccccc2)c1. The van der Waals surface area contributed by atoms with E-state index in [1.165, 1.54) is 25.3 Å². The monoisotopic (exact) mass is 409 g/mol. The van der Waals surface area contributed by atoms with Crippen molar-refractivity contribution >= 4 is 17.4 Å². The summed E-state index contributed by atoms with van der Waals surface area (Å²) in [5.74, 6) is 1.52. The number of para-hydroxylation sites is 1. The van der Waals surface area contributed by atoms with Crippen molar-refractivity contribution < 1.29 is 4.92 Å². The lowest BCUT2D eigenvalue weighted by atomic mass is 10.1. The van der Waals surface area contributed by atoms with E-state index in [1.54, 1.807) is 23.9 Å². The molecule has 0 unspecified atom stereocenters. The van der Waals surface area contributed by atoms with Crippen LogP contribution in [0.2, 0.25) is 0 Å². The Kier molecular flexibility index (Phi) is 6.21. The fourth-order valence-corrected chi connectivity index (χ4v) is 4.47. The van der Waals surface area contributed by atoms with Gasteiger partial charge in [0.25, 0.3) is 5.69 Å². The number of aromatic nitrogens is 3. The van der Waals surface area contributed by atoms with Crippen LogP contribution >= 0.6 is 11.8 Å². The van der Waals surface area contributed by atoms with Crippen molar-refractivity contribution in [3.8, 4) is 5.69 Å². The summed E-state index contributed by atoms with van der Waals surface area (Å²) in [5, 5.41) is 20.8. The van der Waals surface area contributed by atoms with E-state index in [4.69, 9.17) is 0 Å². The van der Waals surface area contributed by atoms with E-state index in [0.29, 0.717) is 5.75 Å². The Labute approximate surface area is 173 Å². The van der Waals surface area contributed by atoms with Gasteiger partial charge >= 0.3 is 0 Å². The summed E-state index contributed by atoms with van der Waals surface area (Å²) in [6.45, 7) is 2.97. The topological polar surface area (TPSA) is 77.1 Å². The van der Waals surface area contributed by atoms with Crippen LogP contribution in [0.3, 0.4) is 0 Å². The summed E-state index contributed by atoms with van der Waals surface area (Å²) in [5.41, 5.74) is 2.04. The molecule has 0 bridgehead atoms. The van der Waals surface area contributed by atoms with Crippen LogP contribution in [0.25, 0.3) is 5.69 Å². The first kappa shape index (κ1) is 19.6. The average Bonchev–Trinajstić information content (AvgIpc) is 3.16. The lowest BCUT2D eigenvalue weighted by Crippen LogP contribution is -2.30. The Bertz CT molecular complexity index is 970. The molecule has 1 aliphatic rings. The van der Waals surface area contributed by atoms with Gasteiger partial charge in [0, 0.05) is 23.6 Å². The van der Waals surface area contributed by atoms with Crippen LogP contribution in [0.1, 0.15) is 30.7 Å². The highest BCUT2D eigenvalue weighted by Gasteiger charge is 2.19. The van der Waals surface area contributed by atoms with Crippen LogP contribution in [-0.4, -0.2) is 37.7 Å². The van der Waals surface area contributed by atoms with Gasteiger partial charge in [-0.3, -0.25) is 19.6 Å². The third kappa shape index (κ3) is 4.83. The van der Waals surface area contributed by atoms with E-state index >= 15 is 0 Å². The van der Waals surface area contributed by atoms with Crippen molar-refractivity contribution in [2.45, 2.75) is 36.7 Å². The molecular weight excluding hydrogens is 386 g/mol. The first-order valence-electron chi connectivity index (χ1n) is 9.79. The zero-order chi connectivity index (χ0) is 20.1. The lowest BCUT2D eigenvalue weighted by molar-refractivity contribution is -0.384. The maximum atomic E-state index is 11.0. The van der Waals surface area contributed by atoms with Crippen molar-refractivity contribution in [3.05, 3.63) is 76.1 Å². The maximum absolute atomic E-state index is 11.0. The number of nitrogens with zero attached hydrogens (tertiary/aromatic N) is 5. The number of nitro benzene ring substituents is 1. The van der Waals surface area contributed by atoms with E-state index in [9.17, 15) is 10.1 Å². The molecule has 3 aromatic rings. The van der Waals surface area contributed by atoms with Crippen LogP contribution < -0.4 is 0 Å². The standard InChI is InChI=1S/C21H23N5O2S/c27-26(28)19-11-7-8-17(14-19)16-29-21-23-22-20(15-24-12-5-2-6-13-24)25(21)18-9-3-1-4-10-18/h1,3-4,7-11,14H,2,5-6,12-13,15-16H2. The number of likely N-dealkylation sites (tertiary alicyclic amines) is 1. The smallest absolute Gasteiger partial charge is 0.269 e. The van der Waals surface area contributed by atoms with Gasteiger partial charge in [0.05, 0.1) is 11.5 Å². The molecule has 8 heteroatoms. The van der Waals surface area contributed by atoms with Crippen molar-refractivity contribution in [1.82, 2.24) is 19.7 Å². The van der Waals surface area contributed by atoms with Gasteiger partial charge in [-0.2, -0.15) is 0 Å². The van der Waals surface area contributed by atoms with Gasteiger partial charge in [-0.15, -0.1) is 10.2 Å². The lowest BCUT2D eigenvalue weighted by Gasteiger charge is -2.26. The molecule has 1 aliphatic heterocycles. The van der Waals surface area contributed by atoms with Crippen molar-refractivity contribution in [2.24, 2.45) is 0 Å². The summed E-state index contributed by atoms with van der Waals surface area (Å²) < 4.78 is 2.11. The predicted molar refractivity (Wildman–Crippen MR) is 113 cm³/mol. The Morgan fingerprint density at radius 2 is 1.79 bits per heavy atom. The first-order valence-corrected chi connectivity index (χ1v) is 10.8. The molecule has 0 N–H and O–H groups in total. The molecule has 1 aromatic heterocycles. The fourth-order valence-electron chi connectivity index (χ4n) is 3.56. The summed E-state index contributed by atoms with van der Waals surface area (Å²) in [6, 6.07) is 16.9. The van der Waals surface area contributed by atoms with Crippen molar-refractivity contribution in [3.63, 3.8) is 0 Å². The van der Waals surface area contributed by atoms with Gasteiger partial charge in [0.1, 0.15) is 0 Å². The molecule has 2 heterocycles. The molecule has 1 fully saturated rings. The number of non-ortho nitro benzene ring substituents is 1. The van der Waals surface area contributed by atoms with E-state index in [2.05, 4.69) is 31.8 Å². The molecule has 0 radical (unpaired) electrons. The molecule has 0 amide bonds. The van der Waals surface area contributed by atoms with E-state index in [-0.39, 0.29) is 10.6 Å². The highest BCUT2D eigenvalue weighted by atomic mass is 32.2. The number of hydrogen-bond acceptors (Lipinski definition) is 6. The highest BCUT2D eigenvalue weighted by Crippen LogP contribution is 2.27. The van der Waals surface area contributed by atoms with Crippen LogP contribution in [0.15, 0.2) is 59.8 Å². The fraction of sp³-hybridized carbons (Fsp3) is 0.333. The average molecular weight is 410 g/mol. The third-order valence-corrected chi connectivity index (χ3v) is 6.02. The van der Waals surface area contributed by atoms with Gasteiger partial charge in [0.2, 0.25) is 0 Å². The van der Waals surface area contributed by atoms with Crippen LogP contribution in [0.4, 0.5) is 5.69 Å². The van der Waals surface area contributed by atoms with Crippen LogP contribution in [0, 0.1) is 10.1 Å². The van der Waals surface area contributed by atoms with Gasteiger partial charge in [-0.05, 0) is 43.6 Å². The van der Waals surface area contributed by atoms with Gasteiger partial charge in [0.15, 0.2) is 11.0 Å². The second kappa shape index (κ2) is 9.19. The van der Waals surface area contributed by atoms with E-state index in [0.717, 1.165) is 41.9 Å². The Hall–Kier alpha value is -2.71. The van der Waals surface area contributed by atoms with E-state index in [1.807, 2.05) is 24.3 Å². The summed E-state index contributed by atoms with van der Waals surface area (Å²) in [4.78, 5) is 13.1. The summed E-state index contributed by atoms with van der Waals surface area (Å²) in [6.07, 6.45) is 3.76. The molecule has 150 valence electrons. The Morgan fingerprint density at radius 1 is 1.00 bits per heavy atom. The van der Waals surface area contributed by atoms with Gasteiger partial charge in [-0.1, -0.05) is 48.5 Å². The Balaban J connectivity index is 1.57. The number of hydrogen-bond donors (Lipinski definition) is 0. The quantitative estimate of drug-likeness (QED) is 0.326. The number of piperidine rings is 1. The second-order valence-electron chi connectivity index (χ2n) is 7.12. The Morgan fingerprint density at radius 3 is 2.55 bits per heavy atom. The minimum Gasteiger partial charge on any atom is -0.296 e. The largest absolute Gasteiger partial charge is 0.296 e. The molecule has 1 saturated heterocycles. The molecule has 4 rings (SSSR count). The van der Waals surface area contributed by atoms with Crippen molar-refractivity contribution in [2.75, 3.05) is 13.1 Å². The minimum absolute atomic E-state index is 0.110. The minimum atomic E-state index is -0.364. The second-order valence-corrected chi connectivity index (χ2v) is 8.06. The molecule has 7 nitrogen and oxygen atoms in total. The number of rotatable bonds is 7. The predicted octanol–water partition coefficient (Wildman–Crippen LogP) is 4.45. The number of benzene rings is 2. The van der Waals surface area contributed by atoms with Gasteiger partial charge in [-0.25, -0.2) is 0 Å². The molecule has 0 atom stereocenters. The van der Waals surface area contributed by atoms with Crippen LogP contribution in [0.5, 0.6) is 0 Å². The maximum Gasteiger partial charge on any atom is 0.269 e. The summed E-state index contributed by atoms with van der Waals surface area (Å²) in [7, 11) is 0. The molecule has 0 saturated carbocycles. The number of nitro groups is 1. The zero-order valence-electron chi connectivity index (χ0n) is 16.1. The molecule has 29 heavy (non-hydrogen) atoms.